The Morgan fingerprint density at radius 1 is 1.15 bits per heavy atom. The molecule has 1 aliphatic rings. The number of nitrogens with two attached hydrogens (primary N) is 1. The molecule has 0 spiro atoms. The number of aliphatic imine (C=N–C) groups is 1. The van der Waals surface area contributed by atoms with Crippen LogP contribution in [0.25, 0.3) is 0 Å². The van der Waals surface area contributed by atoms with Gasteiger partial charge in [0.25, 0.3) is 0 Å². The van der Waals surface area contributed by atoms with E-state index < -0.39 is 5.60 Å². The molecule has 0 aliphatic carbocycles. The van der Waals surface area contributed by atoms with Crippen LogP contribution in [0.15, 0.2) is 29.3 Å². The van der Waals surface area contributed by atoms with Crippen LogP contribution in [-0.4, -0.2) is 66.7 Å². The molecule has 0 aromatic heterocycles. The molecule has 0 radical (unpaired) electrons. The van der Waals surface area contributed by atoms with Gasteiger partial charge in [0.05, 0.1) is 19.2 Å². The van der Waals surface area contributed by atoms with Gasteiger partial charge in [-0.25, -0.2) is 14.6 Å². The fraction of sp³-hybridized carbons (Fsp3) is 0.526. The van der Waals surface area contributed by atoms with Gasteiger partial charge in [0.2, 0.25) is 0 Å². The molecule has 1 aromatic carbocycles. The van der Waals surface area contributed by atoms with E-state index in [0.717, 1.165) is 5.56 Å². The molecule has 148 valence electrons. The first-order chi connectivity index (χ1) is 12.7. The number of amides is 1. The van der Waals surface area contributed by atoms with E-state index in [4.69, 9.17) is 15.2 Å². The first-order valence-corrected chi connectivity index (χ1v) is 8.89. The predicted octanol–water partition coefficient (Wildman–Crippen LogP) is 1.84. The average molecular weight is 376 g/mol. The molecular formula is C19H28N4O4. The largest absolute Gasteiger partial charge is 0.465 e. The SMILES string of the molecule is COC(=O)c1cccc(CN=C(N)N2CCN(C(=O)OC(C)(C)C)CC2)c1. The van der Waals surface area contributed by atoms with Crippen LogP contribution in [0.1, 0.15) is 36.7 Å². The summed E-state index contributed by atoms with van der Waals surface area (Å²) in [5.41, 5.74) is 6.94. The number of guanidine groups is 1. The fourth-order valence-electron chi connectivity index (χ4n) is 2.63. The van der Waals surface area contributed by atoms with Crippen molar-refractivity contribution in [2.75, 3.05) is 33.3 Å². The highest BCUT2D eigenvalue weighted by Crippen LogP contribution is 2.12. The first-order valence-electron chi connectivity index (χ1n) is 8.89. The Kier molecular flexibility index (Phi) is 6.65. The number of benzene rings is 1. The summed E-state index contributed by atoms with van der Waals surface area (Å²) < 4.78 is 10.1. The van der Waals surface area contributed by atoms with Gasteiger partial charge in [0, 0.05) is 26.2 Å². The van der Waals surface area contributed by atoms with Crippen molar-refractivity contribution >= 4 is 18.0 Å². The van der Waals surface area contributed by atoms with Crippen LogP contribution in [0, 0.1) is 0 Å². The highest BCUT2D eigenvalue weighted by atomic mass is 16.6. The van der Waals surface area contributed by atoms with Gasteiger partial charge < -0.3 is 25.0 Å². The molecule has 1 aromatic rings. The van der Waals surface area contributed by atoms with Crippen LogP contribution >= 0.6 is 0 Å². The van der Waals surface area contributed by atoms with Gasteiger partial charge in [0.1, 0.15) is 5.60 Å². The minimum atomic E-state index is -0.507. The van der Waals surface area contributed by atoms with Gasteiger partial charge in [-0.15, -0.1) is 0 Å². The Morgan fingerprint density at radius 2 is 1.78 bits per heavy atom. The number of rotatable bonds is 3. The van der Waals surface area contributed by atoms with E-state index >= 15 is 0 Å². The van der Waals surface area contributed by atoms with Gasteiger partial charge in [-0.05, 0) is 38.5 Å². The minimum Gasteiger partial charge on any atom is -0.465 e. The number of carbonyl (C=O) groups excluding carboxylic acids is 2. The van der Waals surface area contributed by atoms with Crippen LogP contribution in [-0.2, 0) is 16.0 Å². The maximum absolute atomic E-state index is 12.1. The van der Waals surface area contributed by atoms with Crippen molar-refractivity contribution in [1.82, 2.24) is 9.80 Å². The third-order valence-corrected chi connectivity index (χ3v) is 4.03. The number of nitrogens with zero attached hydrogens (tertiary/aromatic N) is 3. The molecule has 0 unspecified atom stereocenters. The van der Waals surface area contributed by atoms with Crippen LogP contribution in [0.2, 0.25) is 0 Å². The normalized spacial score (nSPS) is 15.5. The number of esters is 1. The molecule has 0 bridgehead atoms. The number of ether oxygens (including phenoxy) is 2. The van der Waals surface area contributed by atoms with Crippen LogP contribution in [0.4, 0.5) is 4.79 Å². The third kappa shape index (κ3) is 6.16. The zero-order chi connectivity index (χ0) is 20.0. The van der Waals surface area contributed by atoms with E-state index in [1.807, 2.05) is 31.7 Å². The maximum Gasteiger partial charge on any atom is 0.410 e. The number of hydrogen-bond donors (Lipinski definition) is 1. The number of carbonyl (C=O) groups is 2. The van der Waals surface area contributed by atoms with Crippen molar-refractivity contribution in [3.63, 3.8) is 0 Å². The summed E-state index contributed by atoms with van der Waals surface area (Å²) in [6.45, 7) is 8.16. The average Bonchev–Trinajstić information content (AvgIpc) is 2.64. The van der Waals surface area contributed by atoms with Gasteiger partial charge in [-0.2, -0.15) is 0 Å². The number of methoxy groups -OCH3 is 1. The molecule has 0 saturated carbocycles. The van der Waals surface area contributed by atoms with Crippen molar-refractivity contribution in [2.45, 2.75) is 32.9 Å². The lowest BCUT2D eigenvalue weighted by Crippen LogP contribution is -2.53. The van der Waals surface area contributed by atoms with Crippen LogP contribution < -0.4 is 5.73 Å². The molecule has 0 atom stereocenters. The summed E-state index contributed by atoms with van der Waals surface area (Å²) in [5.74, 6) is 0.0365. The quantitative estimate of drug-likeness (QED) is 0.491. The van der Waals surface area contributed by atoms with E-state index in [1.165, 1.54) is 7.11 Å². The topological polar surface area (TPSA) is 97.5 Å². The van der Waals surface area contributed by atoms with Gasteiger partial charge in [0.15, 0.2) is 5.96 Å². The summed E-state index contributed by atoms with van der Waals surface area (Å²) in [7, 11) is 1.35. The summed E-state index contributed by atoms with van der Waals surface area (Å²) in [6.07, 6.45) is -0.308. The molecule has 1 aliphatic heterocycles. The molecule has 1 saturated heterocycles. The maximum atomic E-state index is 12.1. The predicted molar refractivity (Wildman–Crippen MR) is 102 cm³/mol. The van der Waals surface area contributed by atoms with E-state index in [9.17, 15) is 9.59 Å². The monoisotopic (exact) mass is 376 g/mol. The summed E-state index contributed by atoms with van der Waals surface area (Å²) >= 11 is 0. The number of hydrogen-bond acceptors (Lipinski definition) is 5. The second-order valence-corrected chi connectivity index (χ2v) is 7.32. The number of piperazine rings is 1. The molecular weight excluding hydrogens is 348 g/mol. The Bertz CT molecular complexity index is 704. The summed E-state index contributed by atoms with van der Waals surface area (Å²) in [6, 6.07) is 7.10. The fourth-order valence-corrected chi connectivity index (χ4v) is 2.63. The van der Waals surface area contributed by atoms with Gasteiger partial charge in [-0.3, -0.25) is 0 Å². The zero-order valence-electron chi connectivity index (χ0n) is 16.4. The molecule has 1 fully saturated rings. The lowest BCUT2D eigenvalue weighted by atomic mass is 10.1. The van der Waals surface area contributed by atoms with E-state index in [0.29, 0.717) is 44.2 Å². The van der Waals surface area contributed by atoms with Crippen LogP contribution in [0.3, 0.4) is 0 Å². The first kappa shape index (κ1) is 20.5. The Balaban J connectivity index is 1.89. The molecule has 8 nitrogen and oxygen atoms in total. The Hall–Kier alpha value is -2.77. The van der Waals surface area contributed by atoms with Crippen molar-refractivity contribution in [3.8, 4) is 0 Å². The Labute approximate surface area is 159 Å². The Morgan fingerprint density at radius 3 is 2.37 bits per heavy atom. The smallest absolute Gasteiger partial charge is 0.410 e. The summed E-state index contributed by atoms with van der Waals surface area (Å²) in [5, 5.41) is 0. The van der Waals surface area contributed by atoms with Crippen molar-refractivity contribution in [2.24, 2.45) is 10.7 Å². The lowest BCUT2D eigenvalue weighted by molar-refractivity contribution is 0.0186. The molecule has 2 rings (SSSR count). The van der Waals surface area contributed by atoms with E-state index in [2.05, 4.69) is 4.99 Å². The van der Waals surface area contributed by atoms with Crippen LogP contribution in [0.5, 0.6) is 0 Å². The van der Waals surface area contributed by atoms with Gasteiger partial charge in [-0.1, -0.05) is 12.1 Å². The highest BCUT2D eigenvalue weighted by Gasteiger charge is 2.26. The summed E-state index contributed by atoms with van der Waals surface area (Å²) in [4.78, 5) is 31.7. The molecule has 27 heavy (non-hydrogen) atoms. The molecule has 2 N–H and O–H groups in total. The third-order valence-electron chi connectivity index (χ3n) is 4.03. The molecule has 1 heterocycles. The van der Waals surface area contributed by atoms with Crippen molar-refractivity contribution in [3.05, 3.63) is 35.4 Å². The lowest BCUT2D eigenvalue weighted by Gasteiger charge is -2.36. The van der Waals surface area contributed by atoms with E-state index in [-0.39, 0.29) is 12.1 Å². The van der Waals surface area contributed by atoms with Crippen molar-refractivity contribution < 1.29 is 19.1 Å². The zero-order valence-corrected chi connectivity index (χ0v) is 16.4. The van der Waals surface area contributed by atoms with Crippen molar-refractivity contribution in [1.29, 1.82) is 0 Å². The molecule has 8 heteroatoms. The standard InChI is InChI=1S/C19H28N4O4/c1-19(2,3)27-18(25)23-10-8-22(9-11-23)17(20)21-13-14-6-5-7-15(12-14)16(24)26-4/h5-7,12H,8-11,13H2,1-4H3,(H2,20,21). The van der Waals surface area contributed by atoms with E-state index in [1.54, 1.807) is 23.1 Å². The highest BCUT2D eigenvalue weighted by molar-refractivity contribution is 5.89. The molecule has 1 amide bonds. The minimum absolute atomic E-state index is 0.308. The van der Waals surface area contributed by atoms with Gasteiger partial charge >= 0.3 is 12.1 Å². The second-order valence-electron chi connectivity index (χ2n) is 7.32. The second kappa shape index (κ2) is 8.75.